The summed E-state index contributed by atoms with van der Waals surface area (Å²) in [5.41, 5.74) is 0.108. The van der Waals surface area contributed by atoms with E-state index in [1.165, 1.54) is 0 Å². The number of hydrogen-bond acceptors (Lipinski definition) is 1. The Hall–Kier alpha value is -2.44. The third-order valence-electron chi connectivity index (χ3n) is 5.04. The van der Waals surface area contributed by atoms with Crippen molar-refractivity contribution in [2.24, 2.45) is 0 Å². The molecule has 0 spiro atoms. The Morgan fingerprint density at radius 2 is 1.04 bits per heavy atom. The molecule has 0 aromatic heterocycles. The first-order chi connectivity index (χ1) is 12.1. The van der Waals surface area contributed by atoms with Gasteiger partial charge in [-0.05, 0) is 0 Å². The predicted molar refractivity (Wildman–Crippen MR) is 110 cm³/mol. The van der Waals surface area contributed by atoms with Gasteiger partial charge in [-0.3, -0.25) is 0 Å². The molecule has 0 bridgehead atoms. The van der Waals surface area contributed by atoms with E-state index in [1.807, 2.05) is 61.5 Å². The molecule has 0 unspecified atom stereocenters. The van der Waals surface area contributed by atoms with Gasteiger partial charge in [0.15, 0.2) is 0 Å². The van der Waals surface area contributed by atoms with Gasteiger partial charge in [0.2, 0.25) is 0 Å². The molecule has 0 fully saturated rings. The molecule has 3 rings (SSSR count). The zero-order valence-electron chi connectivity index (χ0n) is 14.7. The summed E-state index contributed by atoms with van der Waals surface area (Å²) >= 11 is 0. The van der Waals surface area contributed by atoms with Crippen LogP contribution < -0.4 is 21.2 Å². The van der Waals surface area contributed by atoms with Gasteiger partial charge in [-0.15, -0.1) is 0 Å². The van der Waals surface area contributed by atoms with E-state index in [2.05, 4.69) is 48.4 Å². The molecule has 0 heterocycles. The number of carbonyl (C=O) groups excluding carboxylic acids is 1. The molecule has 25 heavy (non-hydrogen) atoms. The van der Waals surface area contributed by atoms with Gasteiger partial charge in [0, 0.05) is 0 Å². The van der Waals surface area contributed by atoms with Crippen LogP contribution in [0.4, 0.5) is 4.79 Å². The van der Waals surface area contributed by atoms with Crippen molar-refractivity contribution in [2.75, 3.05) is 13.2 Å². The first-order valence-corrected chi connectivity index (χ1v) is 11.3. The van der Waals surface area contributed by atoms with Gasteiger partial charge in [-0.25, -0.2) is 0 Å². The van der Waals surface area contributed by atoms with Crippen LogP contribution in [0.25, 0.3) is 0 Å². The Bertz CT molecular complexity index is 748. The molecule has 0 aliphatic heterocycles. The van der Waals surface area contributed by atoms with E-state index in [-0.39, 0.29) is 5.65 Å². The van der Waals surface area contributed by atoms with E-state index in [0.29, 0.717) is 6.54 Å². The molecule has 0 saturated heterocycles. The van der Waals surface area contributed by atoms with Gasteiger partial charge < -0.3 is 0 Å². The van der Waals surface area contributed by atoms with Gasteiger partial charge in [-0.2, -0.15) is 0 Å². The number of benzene rings is 3. The minimum absolute atomic E-state index is 0.108. The van der Waals surface area contributed by atoms with Crippen molar-refractivity contribution in [3.8, 4) is 0 Å². The molecule has 2 nitrogen and oxygen atoms in total. The molecular weight excluding hydrogens is 325 g/mol. The molecule has 0 aliphatic rings. The Balaban J connectivity index is 2.47. The second kappa shape index (κ2) is 6.82. The van der Waals surface area contributed by atoms with Crippen LogP contribution in [0.3, 0.4) is 0 Å². The van der Waals surface area contributed by atoms with Crippen molar-refractivity contribution in [3.63, 3.8) is 0 Å². The zero-order chi connectivity index (χ0) is 17.8. The molecule has 0 atom stereocenters. The zero-order valence-corrected chi connectivity index (χ0v) is 15.6. The molecule has 1 amide bonds. The van der Waals surface area contributed by atoms with E-state index in [4.69, 9.17) is 0 Å². The van der Waals surface area contributed by atoms with Crippen LogP contribution in [0, 0.1) is 0 Å². The van der Waals surface area contributed by atoms with Crippen molar-refractivity contribution in [1.29, 1.82) is 0 Å². The summed E-state index contributed by atoms with van der Waals surface area (Å²) in [6, 6.07) is 30.7. The Morgan fingerprint density at radius 1 is 0.720 bits per heavy atom. The number of amides is 1. The van der Waals surface area contributed by atoms with E-state index in [1.54, 1.807) is 0 Å². The summed E-state index contributed by atoms with van der Waals surface area (Å²) in [6.45, 7) is 1.43. The third kappa shape index (κ3) is 2.58. The Kier molecular flexibility index (Phi) is 4.74. The first kappa shape index (κ1) is 17.4. The van der Waals surface area contributed by atoms with Crippen molar-refractivity contribution in [2.45, 2.75) is 6.92 Å². The molecule has 1 N–H and O–H groups in total. The molecule has 3 aromatic rings. The standard InChI is InChI=1S/C22H24NOP/c1-3-23-22(24)25(2,19-13-7-4-8-14-19,20-15-9-5-10-16-20)21-17-11-6-12-18-21/h4-18H,3H2,1-2H3,(H,23,24). The van der Waals surface area contributed by atoms with Crippen molar-refractivity contribution < 1.29 is 4.79 Å². The maximum atomic E-state index is 13.7. The van der Waals surface area contributed by atoms with E-state index in [0.717, 1.165) is 15.9 Å². The molecule has 3 aromatic carbocycles. The third-order valence-corrected chi connectivity index (χ3v) is 11.0. The fourth-order valence-corrected chi connectivity index (χ4v) is 8.45. The van der Waals surface area contributed by atoms with E-state index < -0.39 is 6.60 Å². The molecule has 0 radical (unpaired) electrons. The van der Waals surface area contributed by atoms with Gasteiger partial charge in [0.1, 0.15) is 0 Å². The maximum absolute atomic E-state index is 13.7. The Morgan fingerprint density at radius 3 is 1.32 bits per heavy atom. The molecule has 0 saturated carbocycles. The van der Waals surface area contributed by atoms with Crippen LogP contribution in [0.2, 0.25) is 0 Å². The average molecular weight is 349 g/mol. The molecule has 0 aliphatic carbocycles. The molecule has 128 valence electrons. The van der Waals surface area contributed by atoms with Crippen molar-refractivity contribution >= 4 is 28.2 Å². The minimum atomic E-state index is -3.31. The van der Waals surface area contributed by atoms with E-state index in [9.17, 15) is 4.79 Å². The summed E-state index contributed by atoms with van der Waals surface area (Å²) in [7, 11) is 0. The summed E-state index contributed by atoms with van der Waals surface area (Å²) < 4.78 is 0. The van der Waals surface area contributed by atoms with Crippen LogP contribution in [-0.4, -0.2) is 18.9 Å². The second-order valence-electron chi connectivity index (χ2n) is 6.41. The SMILES string of the molecule is CCNC(=O)P(C)(c1ccccc1)(c1ccccc1)c1ccccc1. The quantitative estimate of drug-likeness (QED) is 0.696. The van der Waals surface area contributed by atoms with E-state index >= 15 is 0 Å². The fraction of sp³-hybridized carbons (Fsp3) is 0.136. The summed E-state index contributed by atoms with van der Waals surface area (Å²) in [5, 5.41) is 6.38. The number of carbonyl (C=O) groups is 1. The monoisotopic (exact) mass is 349 g/mol. The first-order valence-electron chi connectivity index (χ1n) is 8.59. The van der Waals surface area contributed by atoms with Crippen LogP contribution in [-0.2, 0) is 0 Å². The topological polar surface area (TPSA) is 29.1 Å². The fourth-order valence-electron chi connectivity index (χ4n) is 3.55. The van der Waals surface area contributed by atoms with Crippen LogP contribution >= 0.6 is 6.60 Å². The summed E-state index contributed by atoms with van der Waals surface area (Å²) in [4.78, 5) is 13.7. The number of nitrogens with one attached hydrogen (secondary N) is 1. The van der Waals surface area contributed by atoms with Crippen molar-refractivity contribution in [3.05, 3.63) is 91.0 Å². The Labute approximate surface area is 149 Å². The second-order valence-corrected chi connectivity index (χ2v) is 11.5. The summed E-state index contributed by atoms with van der Waals surface area (Å²) in [6.07, 6.45) is 0. The number of rotatable bonds is 5. The normalized spacial score (nSPS) is 12.8. The van der Waals surface area contributed by atoms with Gasteiger partial charge in [0.25, 0.3) is 0 Å². The number of hydrogen-bond donors (Lipinski definition) is 1. The predicted octanol–water partition coefficient (Wildman–Crippen LogP) is 3.88. The van der Waals surface area contributed by atoms with Gasteiger partial charge in [-0.1, -0.05) is 0 Å². The molecule has 3 heteroatoms. The van der Waals surface area contributed by atoms with Crippen LogP contribution in [0.15, 0.2) is 91.0 Å². The summed E-state index contributed by atoms with van der Waals surface area (Å²) in [5.74, 6) is 0. The van der Waals surface area contributed by atoms with Gasteiger partial charge >= 0.3 is 149 Å². The van der Waals surface area contributed by atoms with Crippen LogP contribution in [0.5, 0.6) is 0 Å². The van der Waals surface area contributed by atoms with Gasteiger partial charge in [0.05, 0.1) is 0 Å². The van der Waals surface area contributed by atoms with Crippen LogP contribution in [0.1, 0.15) is 6.92 Å². The van der Waals surface area contributed by atoms with Crippen molar-refractivity contribution in [1.82, 2.24) is 5.32 Å². The molecular formula is C22H24NOP. The average Bonchev–Trinajstić information content (AvgIpc) is 2.69.